The Hall–Kier alpha value is -1.33. The van der Waals surface area contributed by atoms with E-state index in [4.69, 9.17) is 5.73 Å². The number of nitrogens with zero attached hydrogens (tertiary/aromatic N) is 1. The Balaban J connectivity index is 2.00. The molecule has 102 valence electrons. The van der Waals surface area contributed by atoms with E-state index in [1.165, 1.54) is 0 Å². The lowest BCUT2D eigenvalue weighted by molar-refractivity contribution is 0.0989. The average molecular weight is 396 g/mol. The van der Waals surface area contributed by atoms with Gasteiger partial charge in [0.2, 0.25) is 0 Å². The largest absolute Gasteiger partial charge is 0.398 e. The fraction of sp³-hybridized carbons (Fsp3) is 0.133. The third-order valence-electron chi connectivity index (χ3n) is 3.42. The number of benzene rings is 2. The second-order valence-corrected chi connectivity index (χ2v) is 6.54. The van der Waals surface area contributed by atoms with Crippen LogP contribution in [0.4, 0.5) is 11.4 Å². The maximum absolute atomic E-state index is 12.7. The molecule has 3 nitrogen and oxygen atoms in total. The first-order valence-electron chi connectivity index (χ1n) is 6.21. The van der Waals surface area contributed by atoms with Gasteiger partial charge in [0.25, 0.3) is 5.91 Å². The topological polar surface area (TPSA) is 46.3 Å². The van der Waals surface area contributed by atoms with Crippen molar-refractivity contribution in [3.05, 3.63) is 56.5 Å². The van der Waals surface area contributed by atoms with E-state index in [1.807, 2.05) is 36.4 Å². The van der Waals surface area contributed by atoms with Crippen LogP contribution in [-0.2, 0) is 6.42 Å². The van der Waals surface area contributed by atoms with E-state index in [9.17, 15) is 4.79 Å². The van der Waals surface area contributed by atoms with Gasteiger partial charge < -0.3 is 10.6 Å². The Labute approximate surface area is 134 Å². The Morgan fingerprint density at radius 3 is 2.55 bits per heavy atom. The van der Waals surface area contributed by atoms with Gasteiger partial charge in [0.1, 0.15) is 0 Å². The molecule has 0 radical (unpaired) electrons. The molecule has 0 spiro atoms. The summed E-state index contributed by atoms with van der Waals surface area (Å²) in [6.45, 7) is 0.673. The monoisotopic (exact) mass is 394 g/mol. The molecule has 1 aliphatic rings. The fourth-order valence-electron chi connectivity index (χ4n) is 2.51. The summed E-state index contributed by atoms with van der Waals surface area (Å²) in [5, 5.41) is 0. The van der Waals surface area contributed by atoms with E-state index in [0.717, 1.165) is 32.3 Å². The molecule has 2 aromatic rings. The van der Waals surface area contributed by atoms with Gasteiger partial charge >= 0.3 is 0 Å². The molecule has 0 saturated heterocycles. The molecule has 0 aliphatic carbocycles. The molecule has 0 aromatic heterocycles. The molecule has 5 heteroatoms. The van der Waals surface area contributed by atoms with Crippen LogP contribution in [0.3, 0.4) is 0 Å². The second kappa shape index (κ2) is 5.22. The number of anilines is 2. The number of nitrogens with two attached hydrogens (primary N) is 1. The molecule has 0 atom stereocenters. The van der Waals surface area contributed by atoms with Crippen LogP contribution in [0.2, 0.25) is 0 Å². The van der Waals surface area contributed by atoms with E-state index >= 15 is 0 Å². The summed E-state index contributed by atoms with van der Waals surface area (Å²) in [5.74, 6) is -0.00338. The lowest BCUT2D eigenvalue weighted by Crippen LogP contribution is -2.28. The summed E-state index contributed by atoms with van der Waals surface area (Å²) in [5.41, 5.74) is 9.37. The molecule has 2 N–H and O–H groups in total. The lowest BCUT2D eigenvalue weighted by atomic mass is 10.1. The summed E-state index contributed by atoms with van der Waals surface area (Å²) in [6.07, 6.45) is 0.808. The van der Waals surface area contributed by atoms with Gasteiger partial charge in [-0.3, -0.25) is 4.79 Å². The zero-order valence-corrected chi connectivity index (χ0v) is 13.7. The smallest absolute Gasteiger partial charge is 0.258 e. The third kappa shape index (κ3) is 2.36. The minimum Gasteiger partial charge on any atom is -0.398 e. The van der Waals surface area contributed by atoms with Crippen molar-refractivity contribution in [1.29, 1.82) is 0 Å². The highest BCUT2D eigenvalue weighted by Gasteiger charge is 2.26. The SMILES string of the molecule is Nc1cccc2c1CCN2C(=O)c1cc(Br)cc(Br)c1. The molecule has 1 amide bonds. The van der Waals surface area contributed by atoms with Crippen LogP contribution in [0.15, 0.2) is 45.3 Å². The molecule has 3 rings (SSSR count). The van der Waals surface area contributed by atoms with Crippen molar-refractivity contribution in [3.8, 4) is 0 Å². The number of fused-ring (bicyclic) bond motifs is 1. The van der Waals surface area contributed by atoms with Crippen LogP contribution in [0, 0.1) is 0 Å². The molecule has 2 aromatic carbocycles. The van der Waals surface area contributed by atoms with Crippen LogP contribution >= 0.6 is 31.9 Å². The van der Waals surface area contributed by atoms with Crippen LogP contribution in [0.1, 0.15) is 15.9 Å². The number of amides is 1. The number of rotatable bonds is 1. The quantitative estimate of drug-likeness (QED) is 0.742. The van der Waals surface area contributed by atoms with Crippen LogP contribution in [0.25, 0.3) is 0 Å². The normalized spacial score (nSPS) is 13.4. The molecule has 1 aliphatic heterocycles. The minimum atomic E-state index is -0.00338. The van der Waals surface area contributed by atoms with Gasteiger partial charge in [0, 0.05) is 38.0 Å². The zero-order valence-electron chi connectivity index (χ0n) is 10.6. The maximum Gasteiger partial charge on any atom is 0.258 e. The van der Waals surface area contributed by atoms with Crippen molar-refractivity contribution in [2.45, 2.75) is 6.42 Å². The van der Waals surface area contributed by atoms with Crippen molar-refractivity contribution in [2.75, 3.05) is 17.2 Å². The predicted molar refractivity (Wildman–Crippen MR) is 88.1 cm³/mol. The summed E-state index contributed by atoms with van der Waals surface area (Å²) in [6, 6.07) is 11.3. The van der Waals surface area contributed by atoms with E-state index in [-0.39, 0.29) is 5.91 Å². The highest BCUT2D eigenvalue weighted by Crippen LogP contribution is 2.33. The highest BCUT2D eigenvalue weighted by molar-refractivity contribution is 9.11. The maximum atomic E-state index is 12.7. The van der Waals surface area contributed by atoms with Gasteiger partial charge in [0.15, 0.2) is 0 Å². The Morgan fingerprint density at radius 1 is 1.15 bits per heavy atom. The molecule has 0 unspecified atom stereocenters. The molecule has 0 bridgehead atoms. The van der Waals surface area contributed by atoms with Crippen molar-refractivity contribution in [1.82, 2.24) is 0 Å². The fourth-order valence-corrected chi connectivity index (χ4v) is 3.80. The molecular weight excluding hydrogens is 384 g/mol. The van der Waals surface area contributed by atoms with Gasteiger partial charge in [-0.1, -0.05) is 37.9 Å². The van der Waals surface area contributed by atoms with E-state index in [2.05, 4.69) is 31.9 Å². The number of carbonyl (C=O) groups excluding carboxylic acids is 1. The lowest BCUT2D eigenvalue weighted by Gasteiger charge is -2.18. The van der Waals surface area contributed by atoms with Crippen molar-refractivity contribution < 1.29 is 4.79 Å². The minimum absolute atomic E-state index is 0.00338. The van der Waals surface area contributed by atoms with Crippen molar-refractivity contribution in [2.24, 2.45) is 0 Å². The van der Waals surface area contributed by atoms with E-state index < -0.39 is 0 Å². The standard InChI is InChI=1S/C15H12Br2N2O/c16-10-6-9(7-11(17)8-10)15(20)19-5-4-12-13(18)2-1-3-14(12)19/h1-3,6-8H,4-5,18H2. The Kier molecular flexibility index (Phi) is 3.56. The van der Waals surface area contributed by atoms with E-state index in [1.54, 1.807) is 4.90 Å². The average Bonchev–Trinajstić information content (AvgIpc) is 2.82. The first-order chi connectivity index (χ1) is 9.56. The van der Waals surface area contributed by atoms with Crippen LogP contribution < -0.4 is 10.6 Å². The molecule has 20 heavy (non-hydrogen) atoms. The molecule has 0 fully saturated rings. The predicted octanol–water partition coefficient (Wildman–Crippen LogP) is 4.00. The zero-order chi connectivity index (χ0) is 14.3. The third-order valence-corrected chi connectivity index (χ3v) is 4.33. The Morgan fingerprint density at radius 2 is 1.85 bits per heavy atom. The summed E-state index contributed by atoms with van der Waals surface area (Å²) in [4.78, 5) is 14.5. The van der Waals surface area contributed by atoms with Gasteiger partial charge in [0.05, 0.1) is 0 Å². The summed E-state index contributed by atoms with van der Waals surface area (Å²) < 4.78 is 1.75. The molecule has 0 saturated carbocycles. The van der Waals surface area contributed by atoms with Crippen LogP contribution in [-0.4, -0.2) is 12.5 Å². The highest BCUT2D eigenvalue weighted by atomic mass is 79.9. The number of carbonyl (C=O) groups is 1. The van der Waals surface area contributed by atoms with Crippen molar-refractivity contribution >= 4 is 49.1 Å². The summed E-state index contributed by atoms with van der Waals surface area (Å²) >= 11 is 6.82. The van der Waals surface area contributed by atoms with Crippen LogP contribution in [0.5, 0.6) is 0 Å². The number of halogens is 2. The van der Waals surface area contributed by atoms with Crippen molar-refractivity contribution in [3.63, 3.8) is 0 Å². The van der Waals surface area contributed by atoms with Gasteiger partial charge in [-0.2, -0.15) is 0 Å². The van der Waals surface area contributed by atoms with Gasteiger partial charge in [-0.25, -0.2) is 0 Å². The number of hydrogen-bond acceptors (Lipinski definition) is 2. The van der Waals surface area contributed by atoms with Gasteiger partial charge in [-0.05, 0) is 36.8 Å². The number of nitrogen functional groups attached to an aromatic ring is 1. The molecule has 1 heterocycles. The Bertz CT molecular complexity index is 680. The number of hydrogen-bond donors (Lipinski definition) is 1. The first kappa shape index (κ1) is 13.6. The first-order valence-corrected chi connectivity index (χ1v) is 7.80. The van der Waals surface area contributed by atoms with E-state index in [0.29, 0.717) is 12.1 Å². The van der Waals surface area contributed by atoms with Gasteiger partial charge in [-0.15, -0.1) is 0 Å². The second-order valence-electron chi connectivity index (χ2n) is 4.71. The summed E-state index contributed by atoms with van der Waals surface area (Å²) in [7, 11) is 0. The molecular formula is C15H12Br2N2O.